The minimum Gasteiger partial charge on any atom is -0.0812 e. The predicted octanol–water partition coefficient (Wildman–Crippen LogP) is 3.23. The molecule has 2 heteroatoms. The van der Waals surface area contributed by atoms with Crippen LogP contribution in [0, 0.1) is 3.57 Å². The molecule has 0 nitrogen and oxygen atoms in total. The highest BCUT2D eigenvalue weighted by Crippen LogP contribution is 2.09. The largest absolute Gasteiger partial charge is 0.0812 e. The first-order valence-corrected chi connectivity index (χ1v) is 5.24. The van der Waals surface area contributed by atoms with Gasteiger partial charge in [0.25, 0.3) is 0 Å². The van der Waals surface area contributed by atoms with Gasteiger partial charge in [0.2, 0.25) is 0 Å². The second-order valence-corrected chi connectivity index (χ2v) is 3.77. The van der Waals surface area contributed by atoms with Gasteiger partial charge in [0, 0.05) is 8.00 Å². The van der Waals surface area contributed by atoms with E-state index < -0.39 is 0 Å². The van der Waals surface area contributed by atoms with Crippen LogP contribution in [0.25, 0.3) is 0 Å². The summed E-state index contributed by atoms with van der Waals surface area (Å²) in [6, 6.07) is 8.59. The number of rotatable bonds is 1. The molecule has 1 aromatic rings. The van der Waals surface area contributed by atoms with E-state index in [0.29, 0.717) is 0 Å². The lowest BCUT2D eigenvalue weighted by molar-refractivity contribution is 1.44. The van der Waals surface area contributed by atoms with Gasteiger partial charge >= 0.3 is 0 Å². The number of alkyl halides is 1. The van der Waals surface area contributed by atoms with E-state index in [2.05, 4.69) is 69.4 Å². The minimum absolute atomic E-state index is 1.11. The van der Waals surface area contributed by atoms with Crippen LogP contribution < -0.4 is 0 Å². The third-order valence-electron chi connectivity index (χ3n) is 1.07. The topological polar surface area (TPSA) is 0 Å². The Hall–Kier alpha value is 0.680. The highest BCUT2D eigenvalue weighted by Gasteiger charge is 1.86. The molecule has 0 aromatic heterocycles. The Morgan fingerprint density at radius 2 is 1.67 bits per heavy atom. The molecule has 0 atom stereocenters. The third-order valence-corrected chi connectivity index (χ3v) is 2.67. The Morgan fingerprint density at radius 1 is 1.11 bits per heavy atom. The van der Waals surface area contributed by atoms with Crippen molar-refractivity contribution in [3.8, 4) is 0 Å². The van der Waals surface area contributed by atoms with E-state index in [0.717, 1.165) is 4.43 Å². The van der Waals surface area contributed by atoms with Crippen LogP contribution in [-0.4, -0.2) is 0 Å². The van der Waals surface area contributed by atoms with Gasteiger partial charge < -0.3 is 0 Å². The van der Waals surface area contributed by atoms with Crippen molar-refractivity contribution in [2.45, 2.75) is 4.43 Å². The Morgan fingerprint density at radius 3 is 2.11 bits per heavy atom. The van der Waals surface area contributed by atoms with E-state index >= 15 is 0 Å². The highest BCUT2D eigenvalue weighted by atomic mass is 127. The fourth-order valence-corrected chi connectivity index (χ4v) is 1.44. The molecule has 0 saturated heterocycles. The van der Waals surface area contributed by atoms with Crippen molar-refractivity contribution < 1.29 is 0 Å². The second-order valence-electron chi connectivity index (χ2n) is 1.76. The maximum atomic E-state index is 2.36. The summed E-state index contributed by atoms with van der Waals surface area (Å²) in [6.07, 6.45) is 0. The van der Waals surface area contributed by atoms with Crippen LogP contribution >= 0.6 is 45.2 Å². The molecule has 48 valence electrons. The van der Waals surface area contributed by atoms with Crippen molar-refractivity contribution in [3.63, 3.8) is 0 Å². The molecular formula is C7H6I2. The summed E-state index contributed by atoms with van der Waals surface area (Å²) in [5.41, 5.74) is 1.40. The summed E-state index contributed by atoms with van der Waals surface area (Å²) >= 11 is 4.67. The van der Waals surface area contributed by atoms with Gasteiger partial charge in [-0.05, 0) is 40.3 Å². The van der Waals surface area contributed by atoms with Crippen molar-refractivity contribution in [1.82, 2.24) is 0 Å². The first-order chi connectivity index (χ1) is 4.33. The second kappa shape index (κ2) is 3.75. The van der Waals surface area contributed by atoms with Crippen LogP contribution in [0.5, 0.6) is 0 Å². The van der Waals surface area contributed by atoms with Crippen molar-refractivity contribution in [3.05, 3.63) is 33.4 Å². The minimum atomic E-state index is 1.11. The molecule has 0 saturated carbocycles. The molecule has 0 bridgehead atoms. The van der Waals surface area contributed by atoms with Crippen LogP contribution in [0.3, 0.4) is 0 Å². The van der Waals surface area contributed by atoms with E-state index in [-0.39, 0.29) is 0 Å². The van der Waals surface area contributed by atoms with Gasteiger partial charge in [-0.3, -0.25) is 0 Å². The summed E-state index contributed by atoms with van der Waals surface area (Å²) in [4.78, 5) is 0. The molecule has 1 aromatic carbocycles. The number of benzene rings is 1. The summed E-state index contributed by atoms with van der Waals surface area (Å²) in [5.74, 6) is 0. The Bertz CT molecular complexity index is 179. The quantitative estimate of drug-likeness (QED) is 0.542. The maximum absolute atomic E-state index is 2.36. The molecule has 0 unspecified atom stereocenters. The molecule has 0 heterocycles. The van der Waals surface area contributed by atoms with E-state index in [1.54, 1.807) is 0 Å². The van der Waals surface area contributed by atoms with Crippen molar-refractivity contribution in [2.75, 3.05) is 0 Å². The molecule has 0 aliphatic heterocycles. The summed E-state index contributed by atoms with van der Waals surface area (Å²) in [6.45, 7) is 0. The van der Waals surface area contributed by atoms with Gasteiger partial charge in [-0.25, -0.2) is 0 Å². The van der Waals surface area contributed by atoms with Gasteiger partial charge in [0.05, 0.1) is 0 Å². The Balaban J connectivity index is 2.88. The smallest absolute Gasteiger partial charge is 0.0247 e. The fourth-order valence-electron chi connectivity index (χ4n) is 0.573. The molecule has 0 aliphatic carbocycles. The van der Waals surface area contributed by atoms with Crippen molar-refractivity contribution in [1.29, 1.82) is 0 Å². The van der Waals surface area contributed by atoms with E-state index in [4.69, 9.17) is 0 Å². The molecule has 0 N–H and O–H groups in total. The monoisotopic (exact) mass is 344 g/mol. The third kappa shape index (κ3) is 2.41. The van der Waals surface area contributed by atoms with Gasteiger partial charge in [0.15, 0.2) is 0 Å². The summed E-state index contributed by atoms with van der Waals surface area (Å²) in [7, 11) is 0. The van der Waals surface area contributed by atoms with E-state index in [1.807, 2.05) is 0 Å². The lowest BCUT2D eigenvalue weighted by atomic mass is 10.2. The molecule has 0 radical (unpaired) electrons. The fraction of sp³-hybridized carbons (Fsp3) is 0.143. The SMILES string of the molecule is ICc1ccc(I)cc1. The summed E-state index contributed by atoms with van der Waals surface area (Å²) < 4.78 is 2.41. The molecule has 1 rings (SSSR count). The van der Waals surface area contributed by atoms with Gasteiger partial charge in [-0.15, -0.1) is 0 Å². The zero-order chi connectivity index (χ0) is 6.69. The number of hydrogen-bond acceptors (Lipinski definition) is 0. The molecule has 0 fully saturated rings. The van der Waals surface area contributed by atoms with Crippen LogP contribution in [-0.2, 0) is 4.43 Å². The van der Waals surface area contributed by atoms with E-state index in [1.165, 1.54) is 9.13 Å². The maximum Gasteiger partial charge on any atom is 0.0247 e. The van der Waals surface area contributed by atoms with Gasteiger partial charge in [-0.2, -0.15) is 0 Å². The van der Waals surface area contributed by atoms with Crippen LogP contribution in [0.2, 0.25) is 0 Å². The van der Waals surface area contributed by atoms with Crippen LogP contribution in [0.1, 0.15) is 5.56 Å². The predicted molar refractivity (Wildman–Crippen MR) is 56.9 cm³/mol. The normalized spacial score (nSPS) is 9.56. The first kappa shape index (κ1) is 7.78. The van der Waals surface area contributed by atoms with Gasteiger partial charge in [-0.1, -0.05) is 34.7 Å². The lowest BCUT2D eigenvalue weighted by Crippen LogP contribution is -1.75. The Labute approximate surface area is 82.3 Å². The first-order valence-electron chi connectivity index (χ1n) is 2.63. The average Bonchev–Trinajstić information content (AvgIpc) is 1.90. The summed E-state index contributed by atoms with van der Waals surface area (Å²) in [5, 5.41) is 0. The average molecular weight is 344 g/mol. The zero-order valence-electron chi connectivity index (χ0n) is 4.77. The Kier molecular flexibility index (Phi) is 3.25. The van der Waals surface area contributed by atoms with E-state index in [9.17, 15) is 0 Å². The molecular weight excluding hydrogens is 338 g/mol. The molecule has 0 spiro atoms. The van der Waals surface area contributed by atoms with Crippen LogP contribution in [0.4, 0.5) is 0 Å². The highest BCUT2D eigenvalue weighted by molar-refractivity contribution is 14.1. The van der Waals surface area contributed by atoms with Gasteiger partial charge in [0.1, 0.15) is 0 Å². The molecule has 0 amide bonds. The zero-order valence-corrected chi connectivity index (χ0v) is 9.09. The number of halogens is 2. The van der Waals surface area contributed by atoms with Crippen molar-refractivity contribution in [2.24, 2.45) is 0 Å². The van der Waals surface area contributed by atoms with Crippen molar-refractivity contribution >= 4 is 45.2 Å². The number of hydrogen-bond donors (Lipinski definition) is 0. The standard InChI is InChI=1S/C7H6I2/c8-5-6-1-3-7(9)4-2-6/h1-4H,5H2. The van der Waals surface area contributed by atoms with Crippen LogP contribution in [0.15, 0.2) is 24.3 Å². The molecule has 9 heavy (non-hydrogen) atoms. The lowest BCUT2D eigenvalue weighted by Gasteiger charge is -1.92. The molecule has 0 aliphatic rings.